The van der Waals surface area contributed by atoms with Gasteiger partial charge in [0.25, 0.3) is 0 Å². The number of nitrogens with zero attached hydrogens (tertiary/aromatic N) is 1. The molecule has 0 unspecified atom stereocenters. The molecule has 4 nitrogen and oxygen atoms in total. The van der Waals surface area contributed by atoms with Crippen molar-refractivity contribution >= 4 is 5.91 Å². The number of hydrogen-bond acceptors (Lipinski definition) is 3. The molecule has 1 heterocycles. The molecular formula is C17H21FN2O2. The fourth-order valence-corrected chi connectivity index (χ4v) is 2.16. The van der Waals surface area contributed by atoms with Crippen LogP contribution in [0.2, 0.25) is 0 Å². The number of halogens is 1. The molecule has 1 aliphatic heterocycles. The molecule has 2 N–H and O–H groups in total. The highest BCUT2D eigenvalue weighted by molar-refractivity contribution is 5.81. The number of carbonyl (C=O) groups excluding carboxylic acids is 1. The van der Waals surface area contributed by atoms with Crippen molar-refractivity contribution in [2.75, 3.05) is 6.54 Å². The van der Waals surface area contributed by atoms with Gasteiger partial charge in [0.2, 0.25) is 5.91 Å². The smallest absolute Gasteiger partial charge is 0.228 e. The summed E-state index contributed by atoms with van der Waals surface area (Å²) in [7, 11) is 0. The molecule has 0 spiro atoms. The van der Waals surface area contributed by atoms with Gasteiger partial charge in [-0.05, 0) is 51.1 Å². The van der Waals surface area contributed by atoms with Crippen LogP contribution in [0.15, 0.2) is 42.2 Å². The number of aromatic hydroxyl groups is 1. The molecule has 0 atom stereocenters. The Hall–Kier alpha value is -2.30. The average Bonchev–Trinajstić information content (AvgIpc) is 2.42. The summed E-state index contributed by atoms with van der Waals surface area (Å²) in [6, 6.07) is 3.67. The van der Waals surface area contributed by atoms with Crippen molar-refractivity contribution in [1.82, 2.24) is 10.2 Å². The molecule has 0 aliphatic carbocycles. The Morgan fingerprint density at radius 2 is 2.14 bits per heavy atom. The van der Waals surface area contributed by atoms with E-state index in [1.165, 1.54) is 12.1 Å². The van der Waals surface area contributed by atoms with Crippen LogP contribution in [0, 0.1) is 5.82 Å². The van der Waals surface area contributed by atoms with Gasteiger partial charge in [-0.2, -0.15) is 0 Å². The number of benzene rings is 1. The third kappa shape index (κ3) is 4.10. The lowest BCUT2D eigenvalue weighted by Crippen LogP contribution is -2.39. The van der Waals surface area contributed by atoms with Crippen molar-refractivity contribution in [2.45, 2.75) is 32.7 Å². The van der Waals surface area contributed by atoms with Gasteiger partial charge in [0.05, 0.1) is 6.42 Å². The minimum Gasteiger partial charge on any atom is -0.508 e. The van der Waals surface area contributed by atoms with Crippen LogP contribution in [0.25, 0.3) is 0 Å². The second kappa shape index (κ2) is 6.22. The molecule has 1 aliphatic rings. The topological polar surface area (TPSA) is 52.6 Å². The number of nitrogens with one attached hydrogen (secondary N) is 1. The summed E-state index contributed by atoms with van der Waals surface area (Å²) in [5.41, 5.74) is 0.896. The lowest BCUT2D eigenvalue weighted by molar-refractivity contribution is -0.119. The van der Waals surface area contributed by atoms with E-state index in [0.717, 1.165) is 6.07 Å². The van der Waals surface area contributed by atoms with Crippen molar-refractivity contribution in [3.63, 3.8) is 0 Å². The first-order valence-corrected chi connectivity index (χ1v) is 7.18. The van der Waals surface area contributed by atoms with Gasteiger partial charge in [-0.25, -0.2) is 4.39 Å². The molecule has 5 heteroatoms. The first-order chi connectivity index (χ1) is 10.3. The number of phenols is 1. The summed E-state index contributed by atoms with van der Waals surface area (Å²) in [6.45, 7) is 7.04. The van der Waals surface area contributed by atoms with Crippen LogP contribution in [0.3, 0.4) is 0 Å². The molecule has 22 heavy (non-hydrogen) atoms. The largest absolute Gasteiger partial charge is 0.508 e. The molecule has 0 saturated carbocycles. The first-order valence-electron chi connectivity index (χ1n) is 7.18. The molecule has 2 rings (SSSR count). The molecule has 1 amide bonds. The van der Waals surface area contributed by atoms with Gasteiger partial charge in [0.15, 0.2) is 0 Å². The number of phenolic OH excluding ortho intramolecular Hbond substituents is 1. The summed E-state index contributed by atoms with van der Waals surface area (Å²) in [5.74, 6) is -0.869. The van der Waals surface area contributed by atoms with Gasteiger partial charge < -0.3 is 15.3 Å². The van der Waals surface area contributed by atoms with E-state index in [2.05, 4.69) is 31.0 Å². The van der Waals surface area contributed by atoms with E-state index >= 15 is 0 Å². The SMILES string of the molecule is CC(C)(C)N1C=CC(NC(=O)Cc2cc(O)ccc2F)=CC1. The third-order valence-electron chi connectivity index (χ3n) is 3.47. The summed E-state index contributed by atoms with van der Waals surface area (Å²) >= 11 is 0. The Kier molecular flexibility index (Phi) is 4.54. The van der Waals surface area contributed by atoms with Crippen LogP contribution in [0.1, 0.15) is 26.3 Å². The third-order valence-corrected chi connectivity index (χ3v) is 3.47. The zero-order valence-corrected chi connectivity index (χ0v) is 13.1. The van der Waals surface area contributed by atoms with Crippen LogP contribution in [-0.2, 0) is 11.2 Å². The Bertz CT molecular complexity index is 630. The second-order valence-corrected chi connectivity index (χ2v) is 6.30. The quantitative estimate of drug-likeness (QED) is 0.903. The van der Waals surface area contributed by atoms with Crippen LogP contribution in [-0.4, -0.2) is 28.0 Å². The fraction of sp³-hybridized carbons (Fsp3) is 0.353. The van der Waals surface area contributed by atoms with Crippen molar-refractivity contribution in [1.29, 1.82) is 0 Å². The number of hydrogen-bond donors (Lipinski definition) is 2. The standard InChI is InChI=1S/C17H21FN2O2/c1-17(2,3)20-8-6-13(7-9-20)19-16(22)11-12-10-14(21)4-5-15(12)18/h4-8,10,21H,9,11H2,1-3H3,(H,19,22). The maximum absolute atomic E-state index is 13.6. The van der Waals surface area contributed by atoms with E-state index in [0.29, 0.717) is 12.2 Å². The highest BCUT2D eigenvalue weighted by Gasteiger charge is 2.19. The van der Waals surface area contributed by atoms with E-state index in [-0.39, 0.29) is 29.2 Å². The molecule has 118 valence electrons. The predicted molar refractivity (Wildman–Crippen MR) is 83.6 cm³/mol. The number of carbonyl (C=O) groups is 1. The maximum atomic E-state index is 13.6. The second-order valence-electron chi connectivity index (χ2n) is 6.30. The lowest BCUT2D eigenvalue weighted by atomic mass is 10.1. The number of amides is 1. The monoisotopic (exact) mass is 304 g/mol. The van der Waals surface area contributed by atoms with Gasteiger partial charge in [0.1, 0.15) is 11.6 Å². The Labute approximate surface area is 129 Å². The zero-order chi connectivity index (χ0) is 16.3. The van der Waals surface area contributed by atoms with Crippen molar-refractivity contribution in [2.24, 2.45) is 0 Å². The number of rotatable bonds is 3. The van der Waals surface area contributed by atoms with E-state index < -0.39 is 5.82 Å². The van der Waals surface area contributed by atoms with Crippen LogP contribution < -0.4 is 5.32 Å². The molecule has 1 aromatic carbocycles. The summed E-state index contributed by atoms with van der Waals surface area (Å²) in [5, 5.41) is 12.1. The molecule has 0 radical (unpaired) electrons. The zero-order valence-electron chi connectivity index (χ0n) is 13.1. The molecule has 0 bridgehead atoms. The summed E-state index contributed by atoms with van der Waals surface area (Å²) in [4.78, 5) is 14.1. The number of allylic oxidation sites excluding steroid dienone is 1. The van der Waals surface area contributed by atoms with Gasteiger partial charge in [-0.3, -0.25) is 4.79 Å². The fourth-order valence-electron chi connectivity index (χ4n) is 2.16. The van der Waals surface area contributed by atoms with Crippen molar-refractivity contribution < 1.29 is 14.3 Å². The van der Waals surface area contributed by atoms with Crippen LogP contribution >= 0.6 is 0 Å². The van der Waals surface area contributed by atoms with E-state index in [9.17, 15) is 14.3 Å². The highest BCUT2D eigenvalue weighted by atomic mass is 19.1. The first kappa shape index (κ1) is 16.1. The molecule has 0 fully saturated rings. The summed E-state index contributed by atoms with van der Waals surface area (Å²) in [6.07, 6.45) is 5.56. The molecule has 0 saturated heterocycles. The lowest BCUT2D eigenvalue weighted by Gasteiger charge is -2.35. The van der Waals surface area contributed by atoms with Gasteiger partial charge in [0, 0.05) is 29.5 Å². The molecular weight excluding hydrogens is 283 g/mol. The average molecular weight is 304 g/mol. The van der Waals surface area contributed by atoms with Crippen LogP contribution in [0.4, 0.5) is 4.39 Å². The van der Waals surface area contributed by atoms with Crippen molar-refractivity contribution in [3.8, 4) is 5.75 Å². The van der Waals surface area contributed by atoms with Gasteiger partial charge in [-0.15, -0.1) is 0 Å². The normalized spacial score (nSPS) is 14.7. The van der Waals surface area contributed by atoms with Crippen molar-refractivity contribution in [3.05, 3.63) is 53.6 Å². The van der Waals surface area contributed by atoms with Gasteiger partial charge in [-0.1, -0.05) is 0 Å². The Morgan fingerprint density at radius 3 is 2.73 bits per heavy atom. The van der Waals surface area contributed by atoms with E-state index in [1.54, 1.807) is 0 Å². The maximum Gasteiger partial charge on any atom is 0.228 e. The van der Waals surface area contributed by atoms with Gasteiger partial charge >= 0.3 is 0 Å². The minimum absolute atomic E-state index is 0.0211. The summed E-state index contributed by atoms with van der Waals surface area (Å²) < 4.78 is 13.6. The molecule has 1 aromatic rings. The molecule has 0 aromatic heterocycles. The van der Waals surface area contributed by atoms with E-state index in [1.807, 2.05) is 18.4 Å². The van der Waals surface area contributed by atoms with Crippen LogP contribution in [0.5, 0.6) is 5.75 Å². The van der Waals surface area contributed by atoms with E-state index in [4.69, 9.17) is 0 Å². The Morgan fingerprint density at radius 1 is 1.41 bits per heavy atom. The minimum atomic E-state index is -0.500. The highest BCUT2D eigenvalue weighted by Crippen LogP contribution is 2.18. The predicted octanol–water partition coefficient (Wildman–Crippen LogP) is 2.70. The Balaban J connectivity index is 1.95.